The largest absolute Gasteiger partial charge is 0.435 e. The van der Waals surface area contributed by atoms with Gasteiger partial charge in [-0.25, -0.2) is 4.98 Å². The topological polar surface area (TPSA) is 97.0 Å². The number of aryl methyl sites for hydroxylation is 1. The highest BCUT2D eigenvalue weighted by atomic mass is 19.4. The Balaban J connectivity index is 1.67. The summed E-state index contributed by atoms with van der Waals surface area (Å²) in [7, 11) is 1.64. The Morgan fingerprint density at radius 2 is 1.97 bits per heavy atom. The van der Waals surface area contributed by atoms with Crippen molar-refractivity contribution < 1.29 is 18.0 Å². The van der Waals surface area contributed by atoms with Crippen LogP contribution in [0, 0.1) is 0 Å². The maximum absolute atomic E-state index is 13.9. The summed E-state index contributed by atoms with van der Waals surface area (Å²) in [5.41, 5.74) is 1.12. The third-order valence-corrected chi connectivity index (χ3v) is 5.96. The third-order valence-electron chi connectivity index (χ3n) is 5.96. The first-order chi connectivity index (χ1) is 16.3. The summed E-state index contributed by atoms with van der Waals surface area (Å²) in [5, 5.41) is 12.7. The Morgan fingerprint density at radius 1 is 1.12 bits per heavy atom. The predicted molar refractivity (Wildman–Crippen MR) is 116 cm³/mol. The molecule has 1 aliphatic heterocycles. The van der Waals surface area contributed by atoms with Crippen molar-refractivity contribution >= 4 is 22.6 Å². The minimum atomic E-state index is -4.64. The monoisotopic (exact) mass is 466 g/mol. The number of amides is 1. The molecule has 6 rings (SSSR count). The van der Waals surface area contributed by atoms with Crippen LogP contribution in [0.25, 0.3) is 39.2 Å². The Kier molecular flexibility index (Phi) is 4.28. The summed E-state index contributed by atoms with van der Waals surface area (Å²) in [4.78, 5) is 22.3. The van der Waals surface area contributed by atoms with E-state index in [-0.39, 0.29) is 23.7 Å². The fraction of sp³-hybridized carbons (Fsp3) is 0.227. The van der Waals surface area contributed by atoms with Gasteiger partial charge in [0.2, 0.25) is 0 Å². The lowest BCUT2D eigenvalue weighted by Crippen LogP contribution is -2.29. The molecule has 1 amide bonds. The molecule has 0 fully saturated rings. The average molecular weight is 466 g/mol. The van der Waals surface area contributed by atoms with Crippen molar-refractivity contribution in [3.63, 3.8) is 0 Å². The van der Waals surface area contributed by atoms with E-state index in [9.17, 15) is 18.0 Å². The Morgan fingerprint density at radius 3 is 2.79 bits per heavy atom. The number of aromatic amines is 1. The number of nitrogens with zero attached hydrogens (tertiary/aromatic N) is 7. The third kappa shape index (κ3) is 3.05. The molecule has 12 heteroatoms. The number of hydrogen-bond acceptors (Lipinski definition) is 5. The van der Waals surface area contributed by atoms with Crippen molar-refractivity contribution in [1.29, 1.82) is 0 Å². The molecular formula is C22H17F3N8O. The molecule has 0 unspecified atom stereocenters. The van der Waals surface area contributed by atoms with Gasteiger partial charge in [0.1, 0.15) is 17.0 Å². The SMILES string of the molecule is CN1CCCn2cc(c(C(F)(F)F)n2)-c2c[nH]c3nnc(cc23)-c2c(nc3ccccn23)C1=O. The van der Waals surface area contributed by atoms with Crippen molar-refractivity contribution in [2.75, 3.05) is 13.6 Å². The number of fused-ring (bicyclic) bond motifs is 8. The van der Waals surface area contributed by atoms with Gasteiger partial charge in [0.15, 0.2) is 17.0 Å². The molecule has 172 valence electrons. The first-order valence-corrected chi connectivity index (χ1v) is 10.5. The number of imidazole rings is 1. The van der Waals surface area contributed by atoms with Crippen molar-refractivity contribution in [3.8, 4) is 22.5 Å². The van der Waals surface area contributed by atoms with Crippen LogP contribution in [-0.2, 0) is 12.7 Å². The van der Waals surface area contributed by atoms with Crippen LogP contribution in [0.2, 0.25) is 0 Å². The minimum Gasteiger partial charge on any atom is -0.344 e. The fourth-order valence-corrected chi connectivity index (χ4v) is 4.34. The molecule has 0 spiro atoms. The molecule has 0 saturated carbocycles. The standard InChI is InChI=1S/C22H17F3N8O/c1-31-6-4-7-32-11-14(19(30-32)22(23,24)25)13-10-26-20-12(13)9-15(28-29-20)18-17(21(31)34)27-16-5-2-3-8-33(16)18/h2-3,5,8-11H,4,6-7H2,1H3,(H,26,29). The summed E-state index contributed by atoms with van der Waals surface area (Å²) in [6.07, 6.45) is 0.395. The van der Waals surface area contributed by atoms with Gasteiger partial charge in [-0.3, -0.25) is 13.9 Å². The number of rotatable bonds is 0. The zero-order valence-corrected chi connectivity index (χ0v) is 17.8. The number of carbonyl (C=O) groups is 1. The van der Waals surface area contributed by atoms with Gasteiger partial charge in [0, 0.05) is 55.2 Å². The van der Waals surface area contributed by atoms with Gasteiger partial charge in [-0.1, -0.05) is 6.07 Å². The summed E-state index contributed by atoms with van der Waals surface area (Å²) < 4.78 is 44.6. The number of hydrogen-bond donors (Lipinski definition) is 1. The van der Waals surface area contributed by atoms with Crippen molar-refractivity contribution in [1.82, 2.24) is 39.2 Å². The van der Waals surface area contributed by atoms with Crippen molar-refractivity contribution in [2.24, 2.45) is 0 Å². The second-order valence-corrected chi connectivity index (χ2v) is 8.16. The van der Waals surface area contributed by atoms with E-state index in [1.54, 1.807) is 41.9 Å². The van der Waals surface area contributed by atoms with Crippen LogP contribution >= 0.6 is 0 Å². The molecule has 4 bridgehead atoms. The first-order valence-electron chi connectivity index (χ1n) is 10.5. The molecule has 5 aromatic rings. The van der Waals surface area contributed by atoms with Gasteiger partial charge in [0.25, 0.3) is 5.91 Å². The molecule has 0 saturated heterocycles. The first kappa shape index (κ1) is 20.4. The van der Waals surface area contributed by atoms with Crippen LogP contribution in [0.5, 0.6) is 0 Å². The van der Waals surface area contributed by atoms with Crippen molar-refractivity contribution in [2.45, 2.75) is 19.1 Å². The van der Waals surface area contributed by atoms with E-state index in [1.165, 1.54) is 22.0 Å². The van der Waals surface area contributed by atoms with Gasteiger partial charge < -0.3 is 9.88 Å². The van der Waals surface area contributed by atoms with E-state index in [2.05, 4.69) is 25.3 Å². The van der Waals surface area contributed by atoms with Gasteiger partial charge in [-0.2, -0.15) is 18.3 Å². The van der Waals surface area contributed by atoms with Crippen LogP contribution in [0.1, 0.15) is 22.6 Å². The molecule has 1 N–H and O–H groups in total. The highest BCUT2D eigenvalue weighted by molar-refractivity contribution is 6.01. The Bertz CT molecular complexity index is 1580. The van der Waals surface area contributed by atoms with Gasteiger partial charge >= 0.3 is 6.18 Å². The van der Waals surface area contributed by atoms with Gasteiger partial charge in [-0.15, -0.1) is 10.2 Å². The zero-order valence-electron chi connectivity index (χ0n) is 17.8. The maximum Gasteiger partial charge on any atom is 0.435 e. The van der Waals surface area contributed by atoms with E-state index >= 15 is 0 Å². The smallest absolute Gasteiger partial charge is 0.344 e. The quantitative estimate of drug-likeness (QED) is 0.376. The number of nitrogens with one attached hydrogen (secondary N) is 1. The molecular weight excluding hydrogens is 449 g/mol. The molecule has 0 atom stereocenters. The zero-order chi connectivity index (χ0) is 23.6. The molecule has 9 nitrogen and oxygen atoms in total. The van der Waals surface area contributed by atoms with E-state index in [0.717, 1.165) is 0 Å². The van der Waals surface area contributed by atoms with Crippen LogP contribution in [0.15, 0.2) is 42.9 Å². The molecule has 6 heterocycles. The van der Waals surface area contributed by atoms with Gasteiger partial charge in [-0.05, 0) is 24.6 Å². The summed E-state index contributed by atoms with van der Waals surface area (Å²) in [5.74, 6) is -0.316. The summed E-state index contributed by atoms with van der Waals surface area (Å²) in [6.45, 7) is 0.523. The van der Waals surface area contributed by atoms with Crippen molar-refractivity contribution in [3.05, 3.63) is 54.2 Å². The molecule has 0 aromatic carbocycles. The lowest BCUT2D eigenvalue weighted by molar-refractivity contribution is -0.141. The van der Waals surface area contributed by atoms with E-state index in [0.29, 0.717) is 46.6 Å². The molecule has 5 aromatic heterocycles. The second kappa shape index (κ2) is 7.14. The molecule has 0 radical (unpaired) electrons. The lowest BCUT2D eigenvalue weighted by Gasteiger charge is -2.17. The number of aromatic nitrogens is 7. The number of halogens is 3. The minimum absolute atomic E-state index is 0.0439. The maximum atomic E-state index is 13.9. The Hall–Kier alpha value is -4.22. The Labute approximate surface area is 189 Å². The van der Waals surface area contributed by atoms with Crippen LogP contribution in [-0.4, -0.2) is 58.7 Å². The average Bonchev–Trinajstić information content (AvgIpc) is 3.51. The molecule has 1 aliphatic rings. The highest BCUT2D eigenvalue weighted by Crippen LogP contribution is 2.39. The number of carbonyl (C=O) groups excluding carboxylic acids is 1. The number of pyridine rings is 1. The van der Waals surface area contributed by atoms with E-state index in [4.69, 9.17) is 0 Å². The van der Waals surface area contributed by atoms with Crippen LogP contribution < -0.4 is 0 Å². The van der Waals surface area contributed by atoms with E-state index < -0.39 is 11.9 Å². The summed E-state index contributed by atoms with van der Waals surface area (Å²) >= 11 is 0. The lowest BCUT2D eigenvalue weighted by atomic mass is 10.1. The summed E-state index contributed by atoms with van der Waals surface area (Å²) in [6, 6.07) is 7.00. The predicted octanol–water partition coefficient (Wildman–Crippen LogP) is 3.63. The highest BCUT2D eigenvalue weighted by Gasteiger charge is 2.38. The van der Waals surface area contributed by atoms with Gasteiger partial charge in [0.05, 0.1) is 0 Å². The molecule has 0 aliphatic carbocycles. The van der Waals surface area contributed by atoms with Crippen LogP contribution in [0.3, 0.4) is 0 Å². The number of H-pyrrole nitrogens is 1. The second-order valence-electron chi connectivity index (χ2n) is 8.16. The van der Waals surface area contributed by atoms with E-state index in [1.807, 2.05) is 0 Å². The normalized spacial score (nSPS) is 14.7. The van der Waals surface area contributed by atoms with Crippen LogP contribution in [0.4, 0.5) is 13.2 Å². The fourth-order valence-electron chi connectivity index (χ4n) is 4.34. The number of alkyl halides is 3. The molecule has 34 heavy (non-hydrogen) atoms.